The highest BCUT2D eigenvalue weighted by atomic mass is 32.2. The fraction of sp³-hybridized carbons (Fsp3) is 0.368. The molecule has 110 valence electrons. The van der Waals surface area contributed by atoms with E-state index in [0.29, 0.717) is 5.92 Å². The average molecular weight is 298 g/mol. The van der Waals surface area contributed by atoms with Gasteiger partial charge in [0.25, 0.3) is 0 Å². The molecule has 2 aromatic carbocycles. The van der Waals surface area contributed by atoms with Gasteiger partial charge in [-0.05, 0) is 35.1 Å². The molecular formula is C19H22OS. The highest BCUT2D eigenvalue weighted by Crippen LogP contribution is 2.41. The fourth-order valence-electron chi connectivity index (χ4n) is 2.93. The van der Waals surface area contributed by atoms with E-state index in [1.54, 1.807) is 0 Å². The summed E-state index contributed by atoms with van der Waals surface area (Å²) in [5, 5.41) is 10.6. The Morgan fingerprint density at radius 3 is 2.52 bits per heavy atom. The molecule has 1 heterocycles. The topological polar surface area (TPSA) is 20.2 Å². The zero-order valence-electron chi connectivity index (χ0n) is 12.6. The minimum absolute atomic E-state index is 0.260. The number of aliphatic hydroxyl groups excluding tert-OH is 1. The number of aliphatic hydroxyl groups is 1. The van der Waals surface area contributed by atoms with E-state index in [4.69, 9.17) is 0 Å². The first-order chi connectivity index (χ1) is 10.1. The molecule has 0 aliphatic carbocycles. The van der Waals surface area contributed by atoms with Crippen molar-refractivity contribution in [2.24, 2.45) is 0 Å². The summed E-state index contributed by atoms with van der Waals surface area (Å²) in [4.78, 5) is 1.33. The Kier molecular flexibility index (Phi) is 4.37. The Labute approximate surface area is 131 Å². The van der Waals surface area contributed by atoms with Gasteiger partial charge in [0.05, 0.1) is 6.10 Å². The van der Waals surface area contributed by atoms with Crippen molar-refractivity contribution in [1.82, 2.24) is 0 Å². The number of hydrogen-bond acceptors (Lipinski definition) is 2. The van der Waals surface area contributed by atoms with Crippen molar-refractivity contribution in [2.75, 3.05) is 5.75 Å². The van der Waals surface area contributed by atoms with Crippen LogP contribution < -0.4 is 0 Å². The summed E-state index contributed by atoms with van der Waals surface area (Å²) >= 11 is 1.86. The summed E-state index contributed by atoms with van der Waals surface area (Å²) in [7, 11) is 0. The van der Waals surface area contributed by atoms with E-state index in [1.165, 1.54) is 21.6 Å². The lowest BCUT2D eigenvalue weighted by atomic mass is 9.90. The molecule has 0 amide bonds. The highest BCUT2D eigenvalue weighted by Gasteiger charge is 2.28. The lowest BCUT2D eigenvalue weighted by Gasteiger charge is -2.19. The minimum Gasteiger partial charge on any atom is -0.392 e. The Bertz CT molecular complexity index is 603. The zero-order chi connectivity index (χ0) is 14.8. The van der Waals surface area contributed by atoms with E-state index in [1.807, 2.05) is 11.8 Å². The van der Waals surface area contributed by atoms with Gasteiger partial charge in [-0.15, -0.1) is 11.8 Å². The maximum atomic E-state index is 10.6. The largest absolute Gasteiger partial charge is 0.392 e. The van der Waals surface area contributed by atoms with Gasteiger partial charge in [0.1, 0.15) is 0 Å². The van der Waals surface area contributed by atoms with Gasteiger partial charge in [-0.2, -0.15) is 0 Å². The zero-order valence-corrected chi connectivity index (χ0v) is 13.4. The van der Waals surface area contributed by atoms with Gasteiger partial charge in [0.2, 0.25) is 0 Å². The van der Waals surface area contributed by atoms with Crippen molar-refractivity contribution in [3.8, 4) is 0 Å². The second-order valence-corrected chi connectivity index (χ2v) is 7.18. The van der Waals surface area contributed by atoms with Gasteiger partial charge in [-0.1, -0.05) is 56.3 Å². The number of rotatable bonds is 4. The van der Waals surface area contributed by atoms with Crippen molar-refractivity contribution < 1.29 is 5.11 Å². The first kappa shape index (κ1) is 14.7. The van der Waals surface area contributed by atoms with Crippen LogP contribution >= 0.6 is 11.8 Å². The molecule has 21 heavy (non-hydrogen) atoms. The quantitative estimate of drug-likeness (QED) is 0.890. The van der Waals surface area contributed by atoms with Gasteiger partial charge in [0, 0.05) is 16.6 Å². The van der Waals surface area contributed by atoms with Crippen LogP contribution in [0.3, 0.4) is 0 Å². The van der Waals surface area contributed by atoms with Crippen molar-refractivity contribution >= 4 is 11.8 Å². The molecule has 2 unspecified atom stereocenters. The molecule has 0 spiro atoms. The molecule has 3 rings (SSSR count). The standard InChI is InChI=1S/C19H22OS/c1-13(2)15-9-7-14(8-10-15)11-18(20)17-12-21-19-6-4-3-5-16(17)19/h3-10,13,17-18,20H,11-12H2,1-2H3. The average Bonchev–Trinajstić information content (AvgIpc) is 2.92. The molecule has 1 aliphatic heterocycles. The first-order valence-corrected chi connectivity index (χ1v) is 8.62. The predicted octanol–water partition coefficient (Wildman–Crippen LogP) is 4.60. The molecule has 1 N–H and O–H groups in total. The first-order valence-electron chi connectivity index (χ1n) is 7.64. The van der Waals surface area contributed by atoms with Crippen molar-refractivity contribution in [2.45, 2.75) is 43.1 Å². The minimum atomic E-state index is -0.300. The molecule has 0 aromatic heterocycles. The van der Waals surface area contributed by atoms with E-state index >= 15 is 0 Å². The number of hydrogen-bond donors (Lipinski definition) is 1. The lowest BCUT2D eigenvalue weighted by molar-refractivity contribution is 0.151. The third-order valence-corrected chi connectivity index (χ3v) is 5.50. The van der Waals surface area contributed by atoms with Gasteiger partial charge in [-0.25, -0.2) is 0 Å². The van der Waals surface area contributed by atoms with Crippen molar-refractivity contribution in [1.29, 1.82) is 0 Å². The summed E-state index contributed by atoms with van der Waals surface area (Å²) in [6, 6.07) is 17.1. The summed E-state index contributed by atoms with van der Waals surface area (Å²) in [6.45, 7) is 4.41. The maximum Gasteiger partial charge on any atom is 0.0657 e. The molecule has 0 fully saturated rings. The second-order valence-electron chi connectivity index (χ2n) is 6.12. The summed E-state index contributed by atoms with van der Waals surface area (Å²) in [5.74, 6) is 1.81. The second kappa shape index (κ2) is 6.25. The van der Waals surface area contributed by atoms with Crippen molar-refractivity contribution in [3.05, 3.63) is 65.2 Å². The predicted molar refractivity (Wildman–Crippen MR) is 90.1 cm³/mol. The Morgan fingerprint density at radius 1 is 1.10 bits per heavy atom. The molecule has 1 nitrogen and oxygen atoms in total. The normalized spacial score (nSPS) is 18.8. The molecule has 0 saturated heterocycles. The Hall–Kier alpha value is -1.25. The molecule has 0 radical (unpaired) electrons. The molecule has 1 aliphatic rings. The van der Waals surface area contributed by atoms with Gasteiger partial charge < -0.3 is 5.11 Å². The number of fused-ring (bicyclic) bond motifs is 1. The van der Waals surface area contributed by atoms with Crippen LogP contribution in [-0.4, -0.2) is 17.0 Å². The van der Waals surface area contributed by atoms with Gasteiger partial charge in [0.15, 0.2) is 0 Å². The SMILES string of the molecule is CC(C)c1ccc(CC(O)C2CSc3ccccc32)cc1. The van der Waals surface area contributed by atoms with E-state index in [2.05, 4.69) is 62.4 Å². The number of benzene rings is 2. The molecule has 0 saturated carbocycles. The maximum absolute atomic E-state index is 10.6. The third kappa shape index (κ3) is 3.17. The lowest BCUT2D eigenvalue weighted by Crippen LogP contribution is -2.21. The van der Waals surface area contributed by atoms with Crippen LogP contribution in [0.1, 0.15) is 42.4 Å². The van der Waals surface area contributed by atoms with Crippen LogP contribution in [0.15, 0.2) is 53.4 Å². The molecule has 2 aromatic rings. The molecule has 0 bridgehead atoms. The van der Waals surface area contributed by atoms with Crippen LogP contribution in [0.4, 0.5) is 0 Å². The summed E-state index contributed by atoms with van der Waals surface area (Å²) < 4.78 is 0. The Morgan fingerprint density at radius 2 is 1.81 bits per heavy atom. The van der Waals surface area contributed by atoms with E-state index in [-0.39, 0.29) is 12.0 Å². The number of thioether (sulfide) groups is 1. The molecular weight excluding hydrogens is 276 g/mol. The van der Waals surface area contributed by atoms with Crippen LogP contribution in [0.5, 0.6) is 0 Å². The Balaban J connectivity index is 1.71. The summed E-state index contributed by atoms with van der Waals surface area (Å²) in [5.41, 5.74) is 3.89. The fourth-order valence-corrected chi connectivity index (χ4v) is 4.25. The molecule has 2 atom stereocenters. The summed E-state index contributed by atoms with van der Waals surface area (Å²) in [6.07, 6.45) is 0.434. The van der Waals surface area contributed by atoms with E-state index in [9.17, 15) is 5.11 Å². The van der Waals surface area contributed by atoms with Gasteiger partial charge in [-0.3, -0.25) is 0 Å². The molecule has 2 heteroatoms. The van der Waals surface area contributed by atoms with Crippen LogP contribution in [0.2, 0.25) is 0 Å². The highest BCUT2D eigenvalue weighted by molar-refractivity contribution is 7.99. The van der Waals surface area contributed by atoms with Crippen molar-refractivity contribution in [3.63, 3.8) is 0 Å². The van der Waals surface area contributed by atoms with Crippen LogP contribution in [-0.2, 0) is 6.42 Å². The van der Waals surface area contributed by atoms with E-state index in [0.717, 1.165) is 12.2 Å². The van der Waals surface area contributed by atoms with Crippen LogP contribution in [0.25, 0.3) is 0 Å². The van der Waals surface area contributed by atoms with Crippen LogP contribution in [0, 0.1) is 0 Å². The smallest absolute Gasteiger partial charge is 0.0657 e. The van der Waals surface area contributed by atoms with Gasteiger partial charge >= 0.3 is 0 Å². The van der Waals surface area contributed by atoms with E-state index < -0.39 is 0 Å². The monoisotopic (exact) mass is 298 g/mol. The third-order valence-electron chi connectivity index (χ3n) is 4.29.